The van der Waals surface area contributed by atoms with Crippen molar-refractivity contribution in [3.8, 4) is 5.75 Å². The van der Waals surface area contributed by atoms with Crippen LogP contribution in [0.1, 0.15) is 19.4 Å². The molecule has 0 saturated carbocycles. The van der Waals surface area contributed by atoms with E-state index in [0.29, 0.717) is 6.42 Å². The number of aliphatic hydroxyl groups is 1. The Bertz CT molecular complexity index is 373. The average molecular weight is 251 g/mol. The number of aliphatic hydroxyl groups excluding tert-OH is 1. The molecule has 1 aromatic rings. The van der Waals surface area contributed by atoms with Gasteiger partial charge in [0.15, 0.2) is 0 Å². The molecule has 2 N–H and O–H groups in total. The van der Waals surface area contributed by atoms with Crippen molar-refractivity contribution in [1.82, 2.24) is 5.32 Å². The molecule has 1 atom stereocenters. The fourth-order valence-electron chi connectivity index (χ4n) is 1.61. The number of rotatable bonds is 6. The van der Waals surface area contributed by atoms with E-state index in [1.165, 1.54) is 0 Å². The zero-order valence-electron chi connectivity index (χ0n) is 11.1. The van der Waals surface area contributed by atoms with Gasteiger partial charge >= 0.3 is 0 Å². The molecule has 4 nitrogen and oxygen atoms in total. The molecule has 0 heterocycles. The van der Waals surface area contributed by atoms with E-state index in [0.717, 1.165) is 11.3 Å². The van der Waals surface area contributed by atoms with Crippen molar-refractivity contribution < 1.29 is 14.6 Å². The number of benzene rings is 1. The van der Waals surface area contributed by atoms with E-state index in [2.05, 4.69) is 5.32 Å². The Kier molecular flexibility index (Phi) is 5.65. The number of ether oxygens (including phenoxy) is 1. The smallest absolute Gasteiger partial charge is 0.224 e. The summed E-state index contributed by atoms with van der Waals surface area (Å²) in [7, 11) is 1.61. The number of amides is 1. The fourth-order valence-corrected chi connectivity index (χ4v) is 1.61. The monoisotopic (exact) mass is 251 g/mol. The predicted molar refractivity (Wildman–Crippen MR) is 70.6 cm³/mol. The van der Waals surface area contributed by atoms with Crippen LogP contribution in [0, 0.1) is 5.92 Å². The van der Waals surface area contributed by atoms with Crippen LogP contribution in [-0.2, 0) is 11.2 Å². The van der Waals surface area contributed by atoms with Crippen LogP contribution in [0.25, 0.3) is 0 Å². The Balaban J connectivity index is 2.53. The molecular weight excluding hydrogens is 230 g/mol. The van der Waals surface area contributed by atoms with Crippen LogP contribution in [0.3, 0.4) is 0 Å². The van der Waals surface area contributed by atoms with E-state index in [9.17, 15) is 4.79 Å². The van der Waals surface area contributed by atoms with Crippen molar-refractivity contribution in [3.63, 3.8) is 0 Å². The maximum absolute atomic E-state index is 11.8. The molecule has 1 rings (SSSR count). The largest absolute Gasteiger partial charge is 0.497 e. The zero-order chi connectivity index (χ0) is 13.5. The van der Waals surface area contributed by atoms with Crippen molar-refractivity contribution >= 4 is 5.91 Å². The summed E-state index contributed by atoms with van der Waals surface area (Å²) in [6.07, 6.45) is 0.313. The number of carbonyl (C=O) groups is 1. The first-order valence-electron chi connectivity index (χ1n) is 6.10. The summed E-state index contributed by atoms with van der Waals surface area (Å²) in [5.41, 5.74) is 0.925. The molecular formula is C14H21NO3. The van der Waals surface area contributed by atoms with Crippen molar-refractivity contribution in [3.05, 3.63) is 29.8 Å². The lowest BCUT2D eigenvalue weighted by Gasteiger charge is -2.19. The Labute approximate surface area is 108 Å². The first-order chi connectivity index (χ1) is 8.56. The summed E-state index contributed by atoms with van der Waals surface area (Å²) in [6.45, 7) is 3.90. The minimum atomic E-state index is -0.184. The first-order valence-corrected chi connectivity index (χ1v) is 6.10. The van der Waals surface area contributed by atoms with Crippen LogP contribution in [-0.4, -0.2) is 30.8 Å². The van der Waals surface area contributed by atoms with Gasteiger partial charge in [-0.15, -0.1) is 0 Å². The van der Waals surface area contributed by atoms with Gasteiger partial charge in [0.25, 0.3) is 0 Å². The van der Waals surface area contributed by atoms with Crippen LogP contribution in [0.15, 0.2) is 24.3 Å². The lowest BCUT2D eigenvalue weighted by molar-refractivity contribution is -0.121. The molecule has 1 unspecified atom stereocenters. The molecule has 1 amide bonds. The van der Waals surface area contributed by atoms with Gasteiger partial charge in [-0.2, -0.15) is 0 Å². The third kappa shape index (κ3) is 4.37. The summed E-state index contributed by atoms with van der Waals surface area (Å²) >= 11 is 0. The van der Waals surface area contributed by atoms with Crippen molar-refractivity contribution in [2.45, 2.75) is 26.3 Å². The maximum Gasteiger partial charge on any atom is 0.224 e. The normalized spacial score (nSPS) is 12.3. The van der Waals surface area contributed by atoms with Gasteiger partial charge in [0.2, 0.25) is 5.91 Å². The average Bonchev–Trinajstić information content (AvgIpc) is 2.36. The van der Waals surface area contributed by atoms with Crippen LogP contribution in [0.2, 0.25) is 0 Å². The SMILES string of the molecule is COc1ccc(CC(=O)NC(CO)C(C)C)cc1. The quantitative estimate of drug-likeness (QED) is 0.803. The van der Waals surface area contributed by atoms with Crippen molar-refractivity contribution in [1.29, 1.82) is 0 Å². The molecule has 18 heavy (non-hydrogen) atoms. The highest BCUT2D eigenvalue weighted by Crippen LogP contribution is 2.11. The summed E-state index contributed by atoms with van der Waals surface area (Å²) in [6, 6.07) is 7.20. The molecule has 0 fully saturated rings. The number of hydrogen-bond acceptors (Lipinski definition) is 3. The first kappa shape index (κ1) is 14.5. The van der Waals surface area contributed by atoms with Gasteiger partial charge in [-0.25, -0.2) is 0 Å². The van der Waals surface area contributed by atoms with E-state index >= 15 is 0 Å². The minimum absolute atomic E-state index is 0.0357. The van der Waals surface area contributed by atoms with Gasteiger partial charge in [-0.1, -0.05) is 26.0 Å². The third-order valence-corrected chi connectivity index (χ3v) is 2.87. The highest BCUT2D eigenvalue weighted by atomic mass is 16.5. The predicted octanol–water partition coefficient (Wildman–Crippen LogP) is 1.37. The van der Waals surface area contributed by atoms with Crippen LogP contribution < -0.4 is 10.1 Å². The van der Waals surface area contributed by atoms with Gasteiger partial charge in [0.05, 0.1) is 26.2 Å². The molecule has 100 valence electrons. The molecule has 4 heteroatoms. The summed E-state index contributed by atoms with van der Waals surface area (Å²) in [5.74, 6) is 0.914. The topological polar surface area (TPSA) is 58.6 Å². The highest BCUT2D eigenvalue weighted by molar-refractivity contribution is 5.78. The molecule has 0 aliphatic heterocycles. The van der Waals surface area contributed by atoms with Crippen molar-refractivity contribution in [2.75, 3.05) is 13.7 Å². The lowest BCUT2D eigenvalue weighted by Crippen LogP contribution is -2.41. The number of hydrogen-bond donors (Lipinski definition) is 2. The number of nitrogens with one attached hydrogen (secondary N) is 1. The second kappa shape index (κ2) is 7.01. The van der Waals surface area contributed by atoms with Crippen LogP contribution in [0.4, 0.5) is 0 Å². The van der Waals surface area contributed by atoms with E-state index in [4.69, 9.17) is 9.84 Å². The molecule has 0 bridgehead atoms. The highest BCUT2D eigenvalue weighted by Gasteiger charge is 2.15. The summed E-state index contributed by atoms with van der Waals surface area (Å²) in [5, 5.41) is 12.0. The molecule has 0 saturated heterocycles. The molecule has 0 radical (unpaired) electrons. The second-order valence-corrected chi connectivity index (χ2v) is 4.63. The Hall–Kier alpha value is -1.55. The Morgan fingerprint density at radius 1 is 1.33 bits per heavy atom. The van der Waals surface area contributed by atoms with Gasteiger partial charge in [-0.05, 0) is 23.6 Å². The summed E-state index contributed by atoms with van der Waals surface area (Å²) in [4.78, 5) is 11.8. The Morgan fingerprint density at radius 3 is 2.39 bits per heavy atom. The lowest BCUT2D eigenvalue weighted by atomic mass is 10.0. The van der Waals surface area contributed by atoms with Gasteiger partial charge in [-0.3, -0.25) is 4.79 Å². The number of carbonyl (C=O) groups excluding carboxylic acids is 1. The van der Waals surface area contributed by atoms with E-state index in [-0.39, 0.29) is 24.5 Å². The molecule has 0 aromatic heterocycles. The van der Waals surface area contributed by atoms with Gasteiger partial charge in [0.1, 0.15) is 5.75 Å². The second-order valence-electron chi connectivity index (χ2n) is 4.63. The van der Waals surface area contributed by atoms with Crippen LogP contribution in [0.5, 0.6) is 5.75 Å². The number of methoxy groups -OCH3 is 1. The van der Waals surface area contributed by atoms with Gasteiger partial charge in [0, 0.05) is 0 Å². The summed E-state index contributed by atoms with van der Waals surface area (Å²) < 4.78 is 5.05. The van der Waals surface area contributed by atoms with E-state index in [1.807, 2.05) is 38.1 Å². The van der Waals surface area contributed by atoms with E-state index < -0.39 is 0 Å². The van der Waals surface area contributed by atoms with Crippen molar-refractivity contribution in [2.24, 2.45) is 5.92 Å². The fraction of sp³-hybridized carbons (Fsp3) is 0.500. The molecule has 0 aliphatic carbocycles. The van der Waals surface area contributed by atoms with Gasteiger partial charge < -0.3 is 15.2 Å². The maximum atomic E-state index is 11.8. The third-order valence-electron chi connectivity index (χ3n) is 2.87. The minimum Gasteiger partial charge on any atom is -0.497 e. The molecule has 0 spiro atoms. The standard InChI is InChI=1S/C14H21NO3/c1-10(2)13(9-16)15-14(17)8-11-4-6-12(18-3)7-5-11/h4-7,10,13,16H,8-9H2,1-3H3,(H,15,17). The van der Waals surface area contributed by atoms with Crippen LogP contribution >= 0.6 is 0 Å². The van der Waals surface area contributed by atoms with E-state index in [1.54, 1.807) is 7.11 Å². The Morgan fingerprint density at radius 2 is 1.94 bits per heavy atom. The molecule has 0 aliphatic rings. The zero-order valence-corrected chi connectivity index (χ0v) is 11.1. The molecule has 1 aromatic carbocycles.